The minimum Gasteiger partial charge on any atom is -0.455 e. The smallest absolute Gasteiger partial charge is 0.143 e. The molecule has 12 aromatic rings. The van der Waals surface area contributed by atoms with E-state index in [1.54, 1.807) is 0 Å². The Kier molecular flexibility index (Phi) is 9.20. The first-order chi connectivity index (χ1) is 31.7. The molecule has 0 N–H and O–H groups in total. The lowest BCUT2D eigenvalue weighted by molar-refractivity contribution is 0.670. The number of anilines is 3. The lowest BCUT2D eigenvalue weighted by Crippen LogP contribution is -2.09. The molecule has 64 heavy (non-hydrogen) atoms. The van der Waals surface area contributed by atoms with Crippen LogP contribution in [0, 0.1) is 0 Å². The molecule has 0 unspecified atom stereocenters. The van der Waals surface area contributed by atoms with Gasteiger partial charge in [0, 0.05) is 33.4 Å². The molecule has 1 heterocycles. The van der Waals surface area contributed by atoms with Crippen LogP contribution in [0.4, 0.5) is 17.1 Å². The van der Waals surface area contributed by atoms with Gasteiger partial charge in [0.2, 0.25) is 0 Å². The van der Waals surface area contributed by atoms with Gasteiger partial charge in [0.25, 0.3) is 0 Å². The highest BCUT2D eigenvalue weighted by Gasteiger charge is 2.17. The van der Waals surface area contributed by atoms with Crippen LogP contribution in [0.2, 0.25) is 0 Å². The van der Waals surface area contributed by atoms with Crippen LogP contribution in [-0.4, -0.2) is 0 Å². The normalized spacial score (nSPS) is 11.4. The fourth-order valence-corrected chi connectivity index (χ4v) is 9.47. The lowest BCUT2D eigenvalue weighted by Gasteiger charge is -2.26. The molecule has 0 saturated heterocycles. The minimum atomic E-state index is 0.889. The summed E-state index contributed by atoms with van der Waals surface area (Å²) >= 11 is 0. The van der Waals surface area contributed by atoms with Crippen LogP contribution in [0.25, 0.3) is 99.1 Å². The second-order valence-electron chi connectivity index (χ2n) is 16.5. The zero-order chi connectivity index (χ0) is 42.4. The van der Waals surface area contributed by atoms with E-state index in [1.807, 2.05) is 6.07 Å². The SMILES string of the molecule is c1ccc(-c2cccc3ccc(-c4ccc(N(c5ccc(-c6ccc7oc8c(-c9ccccc9)cccc8c7c6)cc5)c5ccc(-c6cccc7ccccc67)cc5)cc4)cc23)cc1. The number of rotatable bonds is 8. The van der Waals surface area contributed by atoms with Crippen molar-refractivity contribution < 1.29 is 4.42 Å². The number of furan rings is 1. The van der Waals surface area contributed by atoms with E-state index in [-0.39, 0.29) is 0 Å². The van der Waals surface area contributed by atoms with Gasteiger partial charge in [0.15, 0.2) is 0 Å². The summed E-state index contributed by atoms with van der Waals surface area (Å²) in [6.07, 6.45) is 0. The molecule has 0 radical (unpaired) electrons. The van der Waals surface area contributed by atoms with Gasteiger partial charge >= 0.3 is 0 Å². The molecule has 0 bridgehead atoms. The third-order valence-corrected chi connectivity index (χ3v) is 12.7. The molecule has 300 valence electrons. The maximum absolute atomic E-state index is 6.51. The Hall–Kier alpha value is -8.46. The van der Waals surface area contributed by atoms with Crippen LogP contribution in [0.15, 0.2) is 253 Å². The van der Waals surface area contributed by atoms with E-state index in [0.29, 0.717) is 0 Å². The average Bonchev–Trinajstić information content (AvgIpc) is 3.75. The molecule has 2 heteroatoms. The number of benzene rings is 11. The Bertz CT molecular complexity index is 3620. The van der Waals surface area contributed by atoms with E-state index >= 15 is 0 Å². The minimum absolute atomic E-state index is 0.889. The largest absolute Gasteiger partial charge is 0.455 e. The first-order valence-corrected chi connectivity index (χ1v) is 21.9. The number of para-hydroxylation sites is 1. The van der Waals surface area contributed by atoms with E-state index < -0.39 is 0 Å². The zero-order valence-electron chi connectivity index (χ0n) is 35.0. The van der Waals surface area contributed by atoms with Crippen LogP contribution in [0.1, 0.15) is 0 Å². The van der Waals surface area contributed by atoms with E-state index in [4.69, 9.17) is 4.42 Å². The molecule has 0 aliphatic carbocycles. The van der Waals surface area contributed by atoms with Gasteiger partial charge in [-0.3, -0.25) is 0 Å². The predicted octanol–water partition coefficient (Wildman–Crippen LogP) is 17.7. The summed E-state index contributed by atoms with van der Waals surface area (Å²) in [6, 6.07) is 89.6. The first-order valence-electron chi connectivity index (χ1n) is 21.9. The quantitative estimate of drug-likeness (QED) is 0.152. The van der Waals surface area contributed by atoms with Crippen molar-refractivity contribution >= 4 is 60.5 Å². The second kappa shape index (κ2) is 15.8. The van der Waals surface area contributed by atoms with E-state index in [1.165, 1.54) is 54.9 Å². The Morgan fingerprint density at radius 3 is 1.31 bits per heavy atom. The Balaban J connectivity index is 0.917. The van der Waals surface area contributed by atoms with Crippen LogP contribution >= 0.6 is 0 Å². The molecule has 1 aromatic heterocycles. The molecule has 0 aliphatic heterocycles. The van der Waals surface area contributed by atoms with E-state index in [0.717, 1.165) is 61.3 Å². The first kappa shape index (κ1) is 37.3. The number of nitrogens with zero attached hydrogens (tertiary/aromatic N) is 1. The van der Waals surface area contributed by atoms with Gasteiger partial charge in [-0.05, 0) is 126 Å². The van der Waals surface area contributed by atoms with Gasteiger partial charge < -0.3 is 9.32 Å². The molecule has 11 aromatic carbocycles. The van der Waals surface area contributed by atoms with Gasteiger partial charge in [-0.1, -0.05) is 194 Å². The lowest BCUT2D eigenvalue weighted by atomic mass is 9.95. The van der Waals surface area contributed by atoms with Crippen molar-refractivity contribution in [2.75, 3.05) is 4.90 Å². The Morgan fingerprint density at radius 1 is 0.250 bits per heavy atom. The van der Waals surface area contributed by atoms with Gasteiger partial charge in [0.1, 0.15) is 11.2 Å². The summed E-state index contributed by atoms with van der Waals surface area (Å²) in [6.45, 7) is 0. The summed E-state index contributed by atoms with van der Waals surface area (Å²) < 4.78 is 6.51. The van der Waals surface area contributed by atoms with Gasteiger partial charge in [-0.15, -0.1) is 0 Å². The highest BCUT2D eigenvalue weighted by Crippen LogP contribution is 2.41. The summed E-state index contributed by atoms with van der Waals surface area (Å²) in [5.74, 6) is 0. The molecule has 12 rings (SSSR count). The molecule has 0 saturated carbocycles. The Morgan fingerprint density at radius 2 is 0.672 bits per heavy atom. The van der Waals surface area contributed by atoms with Gasteiger partial charge in [0.05, 0.1) is 0 Å². The van der Waals surface area contributed by atoms with Crippen molar-refractivity contribution in [1.29, 1.82) is 0 Å². The summed E-state index contributed by atoms with van der Waals surface area (Å²) in [5.41, 5.74) is 16.9. The van der Waals surface area contributed by atoms with Crippen molar-refractivity contribution in [1.82, 2.24) is 0 Å². The molecule has 0 atom stereocenters. The maximum atomic E-state index is 6.51. The third kappa shape index (κ3) is 6.70. The van der Waals surface area contributed by atoms with Crippen molar-refractivity contribution in [2.45, 2.75) is 0 Å². The molecule has 0 spiro atoms. The summed E-state index contributed by atoms with van der Waals surface area (Å²) in [5, 5.41) is 7.22. The molecule has 2 nitrogen and oxygen atoms in total. The van der Waals surface area contributed by atoms with Gasteiger partial charge in [-0.2, -0.15) is 0 Å². The van der Waals surface area contributed by atoms with Gasteiger partial charge in [-0.25, -0.2) is 0 Å². The summed E-state index contributed by atoms with van der Waals surface area (Å²) in [4.78, 5) is 2.35. The number of hydrogen-bond donors (Lipinski definition) is 0. The highest BCUT2D eigenvalue weighted by molar-refractivity contribution is 6.10. The van der Waals surface area contributed by atoms with Crippen molar-refractivity contribution in [3.63, 3.8) is 0 Å². The molecule has 0 fully saturated rings. The van der Waals surface area contributed by atoms with Crippen molar-refractivity contribution in [2.24, 2.45) is 0 Å². The van der Waals surface area contributed by atoms with E-state index in [2.05, 4.69) is 248 Å². The van der Waals surface area contributed by atoms with Crippen LogP contribution in [0.3, 0.4) is 0 Å². The Labute approximate surface area is 372 Å². The average molecular weight is 816 g/mol. The fraction of sp³-hybridized carbons (Fsp3) is 0. The maximum Gasteiger partial charge on any atom is 0.143 e. The summed E-state index contributed by atoms with van der Waals surface area (Å²) in [7, 11) is 0. The second-order valence-corrected chi connectivity index (χ2v) is 16.5. The molecular formula is C62H41NO. The monoisotopic (exact) mass is 815 g/mol. The van der Waals surface area contributed by atoms with Crippen LogP contribution < -0.4 is 4.90 Å². The third-order valence-electron chi connectivity index (χ3n) is 12.7. The van der Waals surface area contributed by atoms with Crippen LogP contribution in [-0.2, 0) is 0 Å². The predicted molar refractivity (Wildman–Crippen MR) is 271 cm³/mol. The number of hydrogen-bond acceptors (Lipinski definition) is 2. The molecular weight excluding hydrogens is 775 g/mol. The number of fused-ring (bicyclic) bond motifs is 5. The fourth-order valence-electron chi connectivity index (χ4n) is 9.47. The van der Waals surface area contributed by atoms with E-state index in [9.17, 15) is 0 Å². The van der Waals surface area contributed by atoms with Crippen LogP contribution in [0.5, 0.6) is 0 Å². The topological polar surface area (TPSA) is 16.4 Å². The zero-order valence-corrected chi connectivity index (χ0v) is 35.0. The molecule has 0 aliphatic rings. The highest BCUT2D eigenvalue weighted by atomic mass is 16.3. The van der Waals surface area contributed by atoms with Crippen molar-refractivity contribution in [3.05, 3.63) is 249 Å². The molecule has 0 amide bonds. The standard InChI is InChI=1S/C62H41NO/c1-3-12-44(13-4-1)56-21-10-18-47-24-25-49(40-59(47)56)42-26-33-51(34-27-42)63(53-37-30-48(31-38-53)55-20-9-17-45-16-7-8-19-54(45)55)52-35-28-43(29-36-52)50-32-39-61-60(41-50)58-23-11-22-57(62(58)64-61)46-14-5-2-6-15-46/h1-41H. The van der Waals surface area contributed by atoms with Crippen molar-refractivity contribution in [3.8, 4) is 55.6 Å².